The first-order chi connectivity index (χ1) is 28.3. The highest BCUT2D eigenvalue weighted by atomic mass is 127. The van der Waals surface area contributed by atoms with Gasteiger partial charge in [0, 0.05) is 14.4 Å². The molecular weight excluding hydrogens is 1220 g/mol. The highest BCUT2D eigenvalue weighted by Crippen LogP contribution is 2.44. The summed E-state index contributed by atoms with van der Waals surface area (Å²) in [4.78, 5) is 0. The first kappa shape index (κ1) is 59.4. The van der Waals surface area contributed by atoms with Crippen molar-refractivity contribution in [3.63, 3.8) is 0 Å². The normalized spacial score (nSPS) is 45.8. The first-order valence-corrected chi connectivity index (χ1v) is 52.6. The minimum Gasteiger partial charge on any atom is -0.413 e. The second kappa shape index (κ2) is 22.3. The van der Waals surface area contributed by atoms with Crippen molar-refractivity contribution in [3.8, 4) is 0 Å². The summed E-state index contributed by atoms with van der Waals surface area (Å²) in [6.07, 6.45) is 0.904. The molecule has 0 aromatic rings. The molecule has 4 aliphatic rings. The molecule has 62 heavy (non-hydrogen) atoms. The molecule has 0 amide bonds. The average Bonchev–Trinajstić information content (AvgIpc) is 3.17. The van der Waals surface area contributed by atoms with Crippen molar-refractivity contribution >= 4 is 148 Å². The van der Waals surface area contributed by atoms with Crippen LogP contribution in [0.5, 0.6) is 0 Å². The molecule has 0 aliphatic carbocycles. The summed E-state index contributed by atoms with van der Waals surface area (Å²) in [5, 5.41) is 0. The van der Waals surface area contributed by atoms with Gasteiger partial charge in [-0.25, -0.2) is 0 Å². The lowest BCUT2D eigenvalue weighted by Gasteiger charge is -2.51. The fraction of sp³-hybridized carbons (Fsp3) is 0.500. The molecule has 0 aromatic heterocycles. The maximum absolute atomic E-state index is 6.65. The van der Waals surface area contributed by atoms with E-state index in [0.29, 0.717) is 0 Å². The van der Waals surface area contributed by atoms with E-state index in [2.05, 4.69) is 137 Å². The van der Waals surface area contributed by atoms with Gasteiger partial charge in [-0.15, -0.1) is 59.2 Å². The predicted octanol–water partition coefficient (Wildman–Crippen LogP) is 11.2. The molecule has 4 saturated heterocycles. The molecule has 26 heteroatoms. The number of hydrogen-bond donors (Lipinski definition) is 0. The highest BCUT2D eigenvalue weighted by molar-refractivity contribution is 14.1. The number of hydrogen-bond acceptors (Lipinski definition) is 12. The molecule has 0 radical (unpaired) electrons. The second-order valence-corrected chi connectivity index (χ2v) is 59.4. The van der Waals surface area contributed by atoms with Gasteiger partial charge in [-0.05, 0) is 97.1 Å². The van der Waals surface area contributed by atoms with E-state index in [0.717, 1.165) is 27.4 Å². The average molecular weight is 1290 g/mol. The number of halogens is 2. The van der Waals surface area contributed by atoms with E-state index in [1.165, 1.54) is 0 Å². The minimum absolute atomic E-state index is 0.267. The van der Waals surface area contributed by atoms with E-state index >= 15 is 0 Å². The fourth-order valence-electron chi connectivity index (χ4n) is 7.39. The van der Waals surface area contributed by atoms with Crippen molar-refractivity contribution in [2.75, 3.05) is 8.86 Å². The number of alkyl halides is 2. The fourth-order valence-corrected chi connectivity index (χ4v) is 70.6. The van der Waals surface area contributed by atoms with Crippen LogP contribution in [0.15, 0.2) is 111 Å². The zero-order chi connectivity index (χ0) is 48.0. The number of rotatable bonds is 16. The predicted molar refractivity (Wildman–Crippen MR) is 300 cm³/mol. The Hall–Kier alpha value is 1.24. The Morgan fingerprint density at radius 2 is 0.548 bits per heavy atom. The molecule has 4 aliphatic heterocycles. The molecule has 12 nitrogen and oxygen atoms in total. The molecule has 7 unspecified atom stereocenters. The Labute approximate surface area is 415 Å². The van der Waals surface area contributed by atoms with E-state index in [4.69, 9.17) is 49.4 Å². The Morgan fingerprint density at radius 1 is 0.339 bits per heavy atom. The van der Waals surface area contributed by atoms with Gasteiger partial charge in [-0.1, -0.05) is 96.5 Å². The van der Waals surface area contributed by atoms with Gasteiger partial charge >= 0.3 is 103 Å². The van der Waals surface area contributed by atoms with Crippen LogP contribution >= 0.6 is 45.2 Å². The Balaban J connectivity index is 0.000000357. The topological polar surface area (TPSA) is 111 Å². The van der Waals surface area contributed by atoms with Crippen molar-refractivity contribution < 1.29 is 49.4 Å². The largest absolute Gasteiger partial charge is 0.413 e. The molecule has 7 atom stereocenters. The molecule has 4 rings (SSSR count). The SMILES string of the molecule is C=C[Si]1(C)O[Si](C)(C=C)O[Si](C)(C=C)O1.C=C[Si]1(C)O[Si](C)(C=C)O[Si](C)(CCC(CI)[Si]2(C)O[Si](C)(C=C)O[Si](C)(C=C)O2)O1.C=C[Si]1(C)O[Si](C)(C=C)O[Si](C)(CCI)O1. The zero-order valence-electron chi connectivity index (χ0n) is 39.3. The standard InChI is InChI=1S/C18H37IO6Si6.C9H19IO3Si3.C9H18O3Si3/c1-11-26(5)20-27(6,12-2)23-30(9,22-26)16-15-18(17-19)31(10)24-28(7,13-3)21-29(8,14-4)25-31;1-6-14(3)11-15(4,7-2)13-16(5,12-14)9-8-10;1-7-13(4)10-14(5,8-2)12-15(6,9-3)11-13/h11-14,18H,1-4,15-17H2,5-10H3;6-7H,1-2,8-9H2,3-5H3;7-9H,1-3H2,4-6H3. The summed E-state index contributed by atoms with van der Waals surface area (Å²) < 4.78 is 77.1. The quantitative estimate of drug-likeness (QED) is 0.0833. The van der Waals surface area contributed by atoms with Crippen LogP contribution in [0.25, 0.3) is 0 Å². The lowest BCUT2D eigenvalue weighted by atomic mass is 10.4. The molecule has 0 saturated carbocycles. The van der Waals surface area contributed by atoms with E-state index in [9.17, 15) is 0 Å². The smallest absolute Gasteiger partial charge is 0.344 e. The molecule has 0 bridgehead atoms. The lowest BCUT2D eigenvalue weighted by Crippen LogP contribution is -2.68. The summed E-state index contributed by atoms with van der Waals surface area (Å²) in [6.45, 7) is 59.6. The van der Waals surface area contributed by atoms with Crippen LogP contribution in [0, 0.1) is 0 Å². The van der Waals surface area contributed by atoms with Crippen LogP contribution in [0.4, 0.5) is 0 Å². The Kier molecular flexibility index (Phi) is 21.4. The van der Waals surface area contributed by atoms with E-state index in [1.807, 2.05) is 80.0 Å². The Morgan fingerprint density at radius 3 is 0.758 bits per heavy atom. The molecular formula is C36H74I2O12Si12. The molecule has 0 spiro atoms. The van der Waals surface area contributed by atoms with Crippen molar-refractivity contribution in [1.82, 2.24) is 0 Å². The zero-order valence-corrected chi connectivity index (χ0v) is 55.6. The second-order valence-electron chi connectivity index (χ2n) is 17.3. The van der Waals surface area contributed by atoms with E-state index < -0.39 is 103 Å². The van der Waals surface area contributed by atoms with Gasteiger partial charge in [0.05, 0.1) is 0 Å². The molecule has 4 heterocycles. The molecule has 352 valence electrons. The third-order valence-electron chi connectivity index (χ3n) is 10.7. The van der Waals surface area contributed by atoms with Gasteiger partial charge in [-0.2, -0.15) is 0 Å². The van der Waals surface area contributed by atoms with Gasteiger partial charge in [0.1, 0.15) is 0 Å². The summed E-state index contributed by atoms with van der Waals surface area (Å²) in [5.41, 5.74) is 16.8. The maximum Gasteiger partial charge on any atom is 0.344 e. The van der Waals surface area contributed by atoms with Crippen LogP contribution in [0.1, 0.15) is 6.42 Å². The summed E-state index contributed by atoms with van der Waals surface area (Å²) >= 11 is 4.81. The van der Waals surface area contributed by atoms with Crippen molar-refractivity contribution in [2.24, 2.45) is 0 Å². The van der Waals surface area contributed by atoms with Gasteiger partial charge in [0.15, 0.2) is 0 Å². The highest BCUT2D eigenvalue weighted by Gasteiger charge is 2.60. The molecule has 0 N–H and O–H groups in total. The summed E-state index contributed by atoms with van der Waals surface area (Å²) in [7, 11) is -28.6. The maximum atomic E-state index is 6.65. The molecule has 4 fully saturated rings. The van der Waals surface area contributed by atoms with Gasteiger partial charge < -0.3 is 49.4 Å². The van der Waals surface area contributed by atoms with Crippen molar-refractivity contribution in [1.29, 1.82) is 0 Å². The van der Waals surface area contributed by atoms with E-state index in [1.54, 1.807) is 17.1 Å². The molecule has 0 aromatic carbocycles. The monoisotopic (exact) mass is 1290 g/mol. The summed E-state index contributed by atoms with van der Waals surface area (Å²) in [5.74, 6) is 0. The third kappa shape index (κ3) is 15.9. The lowest BCUT2D eigenvalue weighted by molar-refractivity contribution is 0.228. The van der Waals surface area contributed by atoms with Crippen LogP contribution in [0.2, 0.25) is 96.2 Å². The van der Waals surface area contributed by atoms with Crippen molar-refractivity contribution in [3.05, 3.63) is 111 Å². The first-order valence-electron chi connectivity index (χ1n) is 20.5. The van der Waals surface area contributed by atoms with Gasteiger partial charge in [0.2, 0.25) is 0 Å². The minimum atomic E-state index is -2.57. The van der Waals surface area contributed by atoms with Crippen molar-refractivity contribution in [2.45, 2.75) is 103 Å². The Bertz CT molecular complexity index is 1590. The van der Waals surface area contributed by atoms with Crippen LogP contribution in [-0.2, 0) is 49.4 Å². The van der Waals surface area contributed by atoms with Gasteiger partial charge in [-0.3, -0.25) is 0 Å². The third-order valence-corrected chi connectivity index (χ3v) is 64.5. The van der Waals surface area contributed by atoms with Gasteiger partial charge in [0.25, 0.3) is 0 Å². The van der Waals surface area contributed by atoms with Crippen LogP contribution in [0.3, 0.4) is 0 Å². The van der Waals surface area contributed by atoms with Crippen LogP contribution in [-0.4, -0.2) is 112 Å². The van der Waals surface area contributed by atoms with E-state index in [-0.39, 0.29) is 5.54 Å². The summed E-state index contributed by atoms with van der Waals surface area (Å²) in [6, 6.07) is 1.83. The van der Waals surface area contributed by atoms with Crippen LogP contribution < -0.4 is 0 Å².